The number of rotatable bonds is 4. The van der Waals surface area contributed by atoms with E-state index in [2.05, 4.69) is 6.92 Å². The van der Waals surface area contributed by atoms with Gasteiger partial charge in [-0.3, -0.25) is 4.79 Å². The number of pyridine rings is 2. The van der Waals surface area contributed by atoms with Gasteiger partial charge >= 0.3 is 11.2 Å². The molecule has 0 aliphatic carbocycles. The first-order valence-electron chi connectivity index (χ1n) is 7.55. The van der Waals surface area contributed by atoms with Crippen molar-refractivity contribution in [1.82, 2.24) is 4.57 Å². The summed E-state index contributed by atoms with van der Waals surface area (Å²) in [5, 5.41) is 11.3. The molecule has 1 aromatic carbocycles. The first kappa shape index (κ1) is 14.3. The third kappa shape index (κ3) is 2.37. The van der Waals surface area contributed by atoms with Gasteiger partial charge in [0, 0.05) is 24.1 Å². The smallest absolute Gasteiger partial charge is 0.327 e. The Kier molecular flexibility index (Phi) is 3.92. The minimum absolute atomic E-state index is 0.0320. The molecule has 0 radical (unpaired) electrons. The molecule has 0 fully saturated rings. The molecule has 0 bridgehead atoms. The Morgan fingerprint density at radius 2 is 1.82 bits per heavy atom. The molecule has 4 heteroatoms. The summed E-state index contributed by atoms with van der Waals surface area (Å²) in [6, 6.07) is 13.0. The highest BCUT2D eigenvalue weighted by Crippen LogP contribution is 2.26. The molecule has 3 aromatic rings. The number of nitrogens with zero attached hydrogens (tertiary/aromatic N) is 2. The molecule has 0 spiro atoms. The number of aryl methyl sites for hydroxylation is 1. The maximum Gasteiger partial charge on any atom is 0.327 e. The number of benzene rings is 1. The standard InChI is InChI=1S/C18H18N2O2/c1-2-3-13-20-15-10-6-5-9-14(15)17(21)16(18(20)22)19-11-7-4-8-12-19/h4-12H,2-3,13H2,1H3/p+1. The Morgan fingerprint density at radius 3 is 2.55 bits per heavy atom. The molecule has 0 aliphatic rings. The predicted molar refractivity (Wildman–Crippen MR) is 86.3 cm³/mol. The average Bonchev–Trinajstić information content (AvgIpc) is 2.56. The van der Waals surface area contributed by atoms with Crippen molar-refractivity contribution in [3.63, 3.8) is 0 Å². The quantitative estimate of drug-likeness (QED) is 0.752. The maximum atomic E-state index is 12.9. The van der Waals surface area contributed by atoms with E-state index < -0.39 is 0 Å². The number of aromatic hydroxyl groups is 1. The van der Waals surface area contributed by atoms with Crippen molar-refractivity contribution in [3.8, 4) is 11.4 Å². The van der Waals surface area contributed by atoms with E-state index in [1.807, 2.05) is 42.5 Å². The highest BCUT2D eigenvalue weighted by atomic mass is 16.3. The van der Waals surface area contributed by atoms with Crippen LogP contribution in [0.3, 0.4) is 0 Å². The molecule has 4 nitrogen and oxygen atoms in total. The van der Waals surface area contributed by atoms with Crippen molar-refractivity contribution in [2.45, 2.75) is 26.3 Å². The Morgan fingerprint density at radius 1 is 1.09 bits per heavy atom. The number of aromatic nitrogens is 2. The summed E-state index contributed by atoms with van der Waals surface area (Å²) in [5.74, 6) is 0.0320. The normalized spacial score (nSPS) is 11.0. The Hall–Kier alpha value is -2.62. The van der Waals surface area contributed by atoms with Gasteiger partial charge in [0.1, 0.15) is 0 Å². The van der Waals surface area contributed by atoms with E-state index in [1.54, 1.807) is 21.5 Å². The monoisotopic (exact) mass is 295 g/mol. The van der Waals surface area contributed by atoms with Gasteiger partial charge in [0.15, 0.2) is 12.4 Å². The fourth-order valence-corrected chi connectivity index (χ4v) is 2.69. The average molecular weight is 295 g/mol. The van der Waals surface area contributed by atoms with Crippen LogP contribution in [-0.2, 0) is 6.54 Å². The van der Waals surface area contributed by atoms with Gasteiger partial charge in [0.05, 0.1) is 5.52 Å². The zero-order valence-corrected chi connectivity index (χ0v) is 12.6. The van der Waals surface area contributed by atoms with E-state index in [9.17, 15) is 9.90 Å². The SMILES string of the molecule is CCCCn1c(=O)c(-[n+]2ccccc2)c(O)c2ccccc21. The molecule has 0 unspecified atom stereocenters. The van der Waals surface area contributed by atoms with Crippen LogP contribution in [0.5, 0.6) is 5.75 Å². The first-order valence-corrected chi connectivity index (χ1v) is 7.55. The van der Waals surface area contributed by atoms with E-state index >= 15 is 0 Å². The second-order valence-electron chi connectivity index (χ2n) is 5.31. The molecule has 22 heavy (non-hydrogen) atoms. The van der Waals surface area contributed by atoms with Crippen LogP contribution in [0.4, 0.5) is 0 Å². The molecular formula is C18H19N2O2+. The summed E-state index contributed by atoms with van der Waals surface area (Å²) < 4.78 is 3.43. The van der Waals surface area contributed by atoms with Crippen molar-refractivity contribution in [2.24, 2.45) is 0 Å². The van der Waals surface area contributed by atoms with E-state index in [-0.39, 0.29) is 11.3 Å². The fraction of sp³-hybridized carbons (Fsp3) is 0.222. The van der Waals surface area contributed by atoms with E-state index in [1.165, 1.54) is 0 Å². The molecule has 0 amide bonds. The summed E-state index contributed by atoms with van der Waals surface area (Å²) in [5.41, 5.74) is 0.912. The van der Waals surface area contributed by atoms with Gasteiger partial charge in [0.2, 0.25) is 5.75 Å². The minimum Gasteiger partial charge on any atom is -0.502 e. The van der Waals surface area contributed by atoms with Crippen LogP contribution in [-0.4, -0.2) is 9.67 Å². The number of hydrogen-bond acceptors (Lipinski definition) is 2. The van der Waals surface area contributed by atoms with Crippen LogP contribution < -0.4 is 10.1 Å². The van der Waals surface area contributed by atoms with Gasteiger partial charge in [0.25, 0.3) is 0 Å². The van der Waals surface area contributed by atoms with E-state index in [4.69, 9.17) is 0 Å². The highest BCUT2D eigenvalue weighted by Gasteiger charge is 2.23. The van der Waals surface area contributed by atoms with Crippen LogP contribution in [0.2, 0.25) is 0 Å². The summed E-state index contributed by atoms with van der Waals surface area (Å²) in [6.45, 7) is 2.75. The van der Waals surface area contributed by atoms with Gasteiger partial charge in [-0.1, -0.05) is 31.5 Å². The van der Waals surface area contributed by atoms with Crippen LogP contribution >= 0.6 is 0 Å². The molecule has 0 saturated heterocycles. The fourth-order valence-electron chi connectivity index (χ4n) is 2.69. The topological polar surface area (TPSA) is 46.1 Å². The molecule has 112 valence electrons. The summed E-state index contributed by atoms with van der Waals surface area (Å²) >= 11 is 0. The Bertz CT molecular complexity index is 854. The van der Waals surface area contributed by atoms with E-state index in [0.717, 1.165) is 18.4 Å². The van der Waals surface area contributed by atoms with Crippen LogP contribution in [0, 0.1) is 0 Å². The summed E-state index contributed by atoms with van der Waals surface area (Å²) in [4.78, 5) is 12.9. The molecule has 1 N–H and O–H groups in total. The summed E-state index contributed by atoms with van der Waals surface area (Å²) in [6.07, 6.45) is 5.48. The predicted octanol–water partition coefficient (Wildman–Crippen LogP) is 2.78. The Balaban J connectivity index is 2.36. The van der Waals surface area contributed by atoms with Crippen LogP contribution in [0.15, 0.2) is 59.7 Å². The Labute approximate surface area is 128 Å². The molecule has 0 saturated carbocycles. The molecular weight excluding hydrogens is 276 g/mol. The molecule has 2 heterocycles. The molecule has 0 aliphatic heterocycles. The van der Waals surface area contributed by atoms with E-state index in [0.29, 0.717) is 17.6 Å². The van der Waals surface area contributed by atoms with Gasteiger partial charge < -0.3 is 9.67 Å². The van der Waals surface area contributed by atoms with Crippen LogP contribution in [0.1, 0.15) is 19.8 Å². The van der Waals surface area contributed by atoms with Gasteiger partial charge in [-0.25, -0.2) is 0 Å². The lowest BCUT2D eigenvalue weighted by Gasteiger charge is -2.12. The lowest BCUT2D eigenvalue weighted by atomic mass is 10.1. The first-order chi connectivity index (χ1) is 10.7. The van der Waals surface area contributed by atoms with Crippen molar-refractivity contribution in [3.05, 3.63) is 65.2 Å². The second-order valence-corrected chi connectivity index (χ2v) is 5.31. The molecule has 0 atom stereocenters. The van der Waals surface area contributed by atoms with Crippen molar-refractivity contribution in [2.75, 3.05) is 0 Å². The second kappa shape index (κ2) is 6.02. The largest absolute Gasteiger partial charge is 0.502 e. The third-order valence-electron chi connectivity index (χ3n) is 3.83. The number of hydrogen-bond donors (Lipinski definition) is 1. The van der Waals surface area contributed by atoms with Crippen molar-refractivity contribution >= 4 is 10.9 Å². The zero-order chi connectivity index (χ0) is 15.5. The van der Waals surface area contributed by atoms with Crippen molar-refractivity contribution < 1.29 is 9.67 Å². The molecule has 3 rings (SSSR count). The van der Waals surface area contributed by atoms with Gasteiger partial charge in [-0.05, 0) is 18.6 Å². The molecule has 2 aromatic heterocycles. The van der Waals surface area contributed by atoms with Gasteiger partial charge in [-0.15, -0.1) is 0 Å². The zero-order valence-electron chi connectivity index (χ0n) is 12.6. The lowest BCUT2D eigenvalue weighted by Crippen LogP contribution is -2.39. The number of para-hydroxylation sites is 1. The third-order valence-corrected chi connectivity index (χ3v) is 3.83. The maximum absolute atomic E-state index is 12.9. The number of unbranched alkanes of at least 4 members (excludes halogenated alkanes) is 1. The lowest BCUT2D eigenvalue weighted by molar-refractivity contribution is -0.597. The van der Waals surface area contributed by atoms with Gasteiger partial charge in [-0.2, -0.15) is 4.57 Å². The minimum atomic E-state index is -0.166. The number of fused-ring (bicyclic) bond motifs is 1. The summed E-state index contributed by atoms with van der Waals surface area (Å²) in [7, 11) is 0. The van der Waals surface area contributed by atoms with Crippen LogP contribution in [0.25, 0.3) is 16.6 Å². The van der Waals surface area contributed by atoms with Crippen molar-refractivity contribution in [1.29, 1.82) is 0 Å². The highest BCUT2D eigenvalue weighted by molar-refractivity contribution is 5.87.